The van der Waals surface area contributed by atoms with Gasteiger partial charge in [-0.2, -0.15) is 0 Å². The summed E-state index contributed by atoms with van der Waals surface area (Å²) in [4.78, 5) is 1.28. The number of nitrogens with zero attached hydrogens (tertiary/aromatic N) is 1. The quantitative estimate of drug-likeness (QED) is 0.709. The number of rotatable bonds is 8. The maximum atomic E-state index is 5.73. The predicted octanol–water partition coefficient (Wildman–Crippen LogP) is 2.20. The zero-order valence-electron chi connectivity index (χ0n) is 11.6. The third kappa shape index (κ3) is 5.87. The van der Waals surface area contributed by atoms with Crippen molar-refractivity contribution in [3.63, 3.8) is 0 Å². The van der Waals surface area contributed by atoms with Crippen molar-refractivity contribution in [2.24, 2.45) is 11.7 Å². The average molecular weight is 267 g/mol. The van der Waals surface area contributed by atoms with Crippen LogP contribution >= 0.6 is 11.9 Å². The molecule has 1 unspecified atom stereocenters. The van der Waals surface area contributed by atoms with Crippen molar-refractivity contribution in [2.45, 2.75) is 24.8 Å². The van der Waals surface area contributed by atoms with Crippen molar-refractivity contribution >= 4 is 11.9 Å². The lowest BCUT2D eigenvalue weighted by atomic mass is 10.1. The van der Waals surface area contributed by atoms with Gasteiger partial charge in [0.05, 0.1) is 0 Å². The minimum Gasteiger partial charge on any atom is -0.329 e. The highest BCUT2D eigenvalue weighted by Gasteiger charge is 2.10. The molecule has 18 heavy (non-hydrogen) atoms. The summed E-state index contributed by atoms with van der Waals surface area (Å²) in [6.45, 7) is 7.08. The standard InChI is InChI=1S/C14H25N3S/c1-12(2)14(11-15)16-9-10-17(3)18-13-7-5-4-6-8-13/h4-8,12,14,16H,9-11,15H2,1-3H3. The molecular formula is C14H25N3S. The first-order chi connectivity index (χ1) is 8.63. The molecule has 1 atom stereocenters. The fourth-order valence-electron chi connectivity index (χ4n) is 1.71. The van der Waals surface area contributed by atoms with Crippen LogP contribution in [0.25, 0.3) is 0 Å². The summed E-state index contributed by atoms with van der Waals surface area (Å²) in [5.41, 5.74) is 5.73. The number of likely N-dealkylation sites (N-methyl/N-ethyl adjacent to an activating group) is 1. The van der Waals surface area contributed by atoms with Crippen LogP contribution in [0.3, 0.4) is 0 Å². The van der Waals surface area contributed by atoms with E-state index in [0.29, 0.717) is 18.5 Å². The molecule has 1 rings (SSSR count). The molecular weight excluding hydrogens is 242 g/mol. The molecule has 3 N–H and O–H groups in total. The van der Waals surface area contributed by atoms with Crippen LogP contribution in [0.1, 0.15) is 13.8 Å². The Hall–Kier alpha value is -0.550. The molecule has 0 aliphatic carbocycles. The van der Waals surface area contributed by atoms with Gasteiger partial charge >= 0.3 is 0 Å². The van der Waals surface area contributed by atoms with Gasteiger partial charge in [0.1, 0.15) is 0 Å². The molecule has 0 spiro atoms. The van der Waals surface area contributed by atoms with Gasteiger partial charge in [0.15, 0.2) is 0 Å². The zero-order valence-corrected chi connectivity index (χ0v) is 12.4. The summed E-state index contributed by atoms with van der Waals surface area (Å²) in [6.07, 6.45) is 0. The maximum Gasteiger partial charge on any atom is 0.0230 e. The Bertz CT molecular complexity index is 316. The lowest BCUT2D eigenvalue weighted by Gasteiger charge is -2.22. The highest BCUT2D eigenvalue weighted by Crippen LogP contribution is 2.19. The minimum atomic E-state index is 0.417. The van der Waals surface area contributed by atoms with E-state index in [1.54, 1.807) is 11.9 Å². The van der Waals surface area contributed by atoms with Crippen LogP contribution in [-0.2, 0) is 0 Å². The van der Waals surface area contributed by atoms with Crippen molar-refractivity contribution in [3.05, 3.63) is 30.3 Å². The maximum absolute atomic E-state index is 5.73. The van der Waals surface area contributed by atoms with Crippen LogP contribution in [0, 0.1) is 5.92 Å². The van der Waals surface area contributed by atoms with Crippen molar-refractivity contribution in [1.29, 1.82) is 0 Å². The molecule has 4 heteroatoms. The van der Waals surface area contributed by atoms with Crippen LogP contribution in [0.2, 0.25) is 0 Å². The van der Waals surface area contributed by atoms with Crippen molar-refractivity contribution < 1.29 is 0 Å². The Morgan fingerprint density at radius 1 is 1.28 bits per heavy atom. The number of benzene rings is 1. The number of nitrogens with one attached hydrogen (secondary N) is 1. The van der Waals surface area contributed by atoms with Gasteiger partial charge in [-0.05, 0) is 37.0 Å². The summed E-state index contributed by atoms with van der Waals surface area (Å²) < 4.78 is 2.25. The highest BCUT2D eigenvalue weighted by molar-refractivity contribution is 7.97. The Morgan fingerprint density at radius 2 is 1.94 bits per heavy atom. The van der Waals surface area contributed by atoms with Gasteiger partial charge in [-0.15, -0.1) is 0 Å². The van der Waals surface area contributed by atoms with Crippen molar-refractivity contribution in [3.8, 4) is 0 Å². The highest BCUT2D eigenvalue weighted by atomic mass is 32.2. The van der Waals surface area contributed by atoms with Crippen LogP contribution in [-0.4, -0.2) is 37.0 Å². The predicted molar refractivity (Wildman–Crippen MR) is 80.6 cm³/mol. The van der Waals surface area contributed by atoms with E-state index in [2.05, 4.69) is 54.8 Å². The van der Waals surface area contributed by atoms with Crippen molar-refractivity contribution in [2.75, 3.05) is 26.7 Å². The smallest absolute Gasteiger partial charge is 0.0230 e. The van der Waals surface area contributed by atoms with Crippen molar-refractivity contribution in [1.82, 2.24) is 9.62 Å². The first-order valence-electron chi connectivity index (χ1n) is 6.51. The first kappa shape index (κ1) is 15.5. The first-order valence-corrected chi connectivity index (χ1v) is 7.28. The molecule has 0 aromatic heterocycles. The van der Waals surface area contributed by atoms with Gasteiger partial charge in [-0.25, -0.2) is 4.31 Å². The van der Waals surface area contributed by atoms with Gasteiger partial charge in [0.25, 0.3) is 0 Å². The Kier molecular flexibility index (Phi) is 7.35. The fourth-order valence-corrected chi connectivity index (χ4v) is 2.53. The fraction of sp³-hybridized carbons (Fsp3) is 0.571. The van der Waals surface area contributed by atoms with E-state index in [4.69, 9.17) is 5.73 Å². The van der Waals surface area contributed by atoms with Gasteiger partial charge in [0.2, 0.25) is 0 Å². The van der Waals surface area contributed by atoms with Crippen LogP contribution in [0.15, 0.2) is 35.2 Å². The zero-order chi connectivity index (χ0) is 13.4. The van der Waals surface area contributed by atoms with E-state index in [1.807, 2.05) is 6.07 Å². The minimum absolute atomic E-state index is 0.417. The molecule has 0 heterocycles. The molecule has 102 valence electrons. The number of hydrogen-bond acceptors (Lipinski definition) is 4. The van der Waals surface area contributed by atoms with E-state index < -0.39 is 0 Å². The van der Waals surface area contributed by atoms with E-state index in [-0.39, 0.29) is 0 Å². The van der Waals surface area contributed by atoms with Gasteiger partial charge in [-0.3, -0.25) is 0 Å². The molecule has 0 saturated carbocycles. The second-order valence-electron chi connectivity index (χ2n) is 4.80. The van der Waals surface area contributed by atoms with Gasteiger partial charge < -0.3 is 11.1 Å². The van der Waals surface area contributed by atoms with Crippen LogP contribution < -0.4 is 11.1 Å². The second kappa shape index (κ2) is 8.53. The van der Waals surface area contributed by atoms with E-state index in [1.165, 1.54) is 4.90 Å². The normalized spacial score (nSPS) is 13.2. The second-order valence-corrected chi connectivity index (χ2v) is 6.07. The lowest BCUT2D eigenvalue weighted by molar-refractivity contribution is 0.391. The summed E-state index contributed by atoms with van der Waals surface area (Å²) in [7, 11) is 2.12. The summed E-state index contributed by atoms with van der Waals surface area (Å²) in [6, 6.07) is 10.9. The molecule has 3 nitrogen and oxygen atoms in total. The summed E-state index contributed by atoms with van der Waals surface area (Å²) in [5.74, 6) is 0.585. The largest absolute Gasteiger partial charge is 0.329 e. The lowest BCUT2D eigenvalue weighted by Crippen LogP contribution is -2.42. The molecule has 0 aliphatic heterocycles. The third-order valence-corrected chi connectivity index (χ3v) is 3.87. The molecule has 0 saturated heterocycles. The molecule has 0 amide bonds. The van der Waals surface area contributed by atoms with E-state index in [0.717, 1.165) is 13.1 Å². The summed E-state index contributed by atoms with van der Waals surface area (Å²) in [5, 5.41) is 3.51. The Labute approximate surface area is 115 Å². The molecule has 0 fully saturated rings. The molecule has 0 radical (unpaired) electrons. The Morgan fingerprint density at radius 3 is 2.50 bits per heavy atom. The molecule has 0 bridgehead atoms. The molecule has 1 aromatic carbocycles. The number of nitrogens with two attached hydrogens (primary N) is 1. The molecule has 0 aliphatic rings. The topological polar surface area (TPSA) is 41.3 Å². The molecule has 1 aromatic rings. The summed E-state index contributed by atoms with van der Waals surface area (Å²) >= 11 is 1.77. The Balaban J connectivity index is 2.23. The van der Waals surface area contributed by atoms with Crippen LogP contribution in [0.5, 0.6) is 0 Å². The van der Waals surface area contributed by atoms with E-state index >= 15 is 0 Å². The monoisotopic (exact) mass is 267 g/mol. The third-order valence-electron chi connectivity index (χ3n) is 2.90. The van der Waals surface area contributed by atoms with E-state index in [9.17, 15) is 0 Å². The SMILES string of the molecule is CC(C)C(CN)NCCN(C)Sc1ccccc1. The average Bonchev–Trinajstić information content (AvgIpc) is 2.35. The van der Waals surface area contributed by atoms with Gasteiger partial charge in [0, 0.05) is 30.6 Å². The van der Waals surface area contributed by atoms with Crippen LogP contribution in [0.4, 0.5) is 0 Å². The van der Waals surface area contributed by atoms with Gasteiger partial charge in [-0.1, -0.05) is 32.0 Å². The number of hydrogen-bond donors (Lipinski definition) is 2.